The lowest BCUT2D eigenvalue weighted by Crippen LogP contribution is -2.23. The first kappa shape index (κ1) is 15.7. The first-order valence-corrected chi connectivity index (χ1v) is 8.30. The summed E-state index contributed by atoms with van der Waals surface area (Å²) >= 11 is 1.43. The zero-order valence-corrected chi connectivity index (χ0v) is 12.5. The molecule has 2 aromatic rings. The van der Waals surface area contributed by atoms with Gasteiger partial charge in [0.1, 0.15) is 12.4 Å². The average Bonchev–Trinajstić information content (AvgIpc) is 2.96. The third kappa shape index (κ3) is 4.12. The minimum absolute atomic E-state index is 0.0164. The quantitative estimate of drug-likeness (QED) is 0.841. The number of sulfonamides is 1. The average molecular weight is 325 g/mol. The van der Waals surface area contributed by atoms with Crippen LogP contribution in [0, 0.1) is 17.7 Å². The largest absolute Gasteiger partial charge is 0.384 e. The van der Waals surface area contributed by atoms with Gasteiger partial charge >= 0.3 is 0 Å². The van der Waals surface area contributed by atoms with Crippen LogP contribution in [0.2, 0.25) is 0 Å². The van der Waals surface area contributed by atoms with Crippen LogP contribution < -0.4 is 4.72 Å². The van der Waals surface area contributed by atoms with Gasteiger partial charge in [0.05, 0.1) is 4.90 Å². The predicted molar refractivity (Wildman–Crippen MR) is 78.7 cm³/mol. The first-order valence-electron chi connectivity index (χ1n) is 5.94. The highest BCUT2D eigenvalue weighted by atomic mass is 32.2. The number of halogens is 1. The van der Waals surface area contributed by atoms with Crippen LogP contribution in [0.1, 0.15) is 10.4 Å². The summed E-state index contributed by atoms with van der Waals surface area (Å²) in [5.41, 5.74) is 0.0164. The number of benzene rings is 1. The van der Waals surface area contributed by atoms with Gasteiger partial charge < -0.3 is 5.11 Å². The fourth-order valence-corrected chi connectivity index (χ4v) is 3.51. The predicted octanol–water partition coefficient (Wildman–Crippen LogP) is 1.71. The van der Waals surface area contributed by atoms with Crippen molar-refractivity contribution in [2.75, 3.05) is 6.61 Å². The molecular weight excluding hydrogens is 313 g/mol. The molecule has 0 aliphatic carbocycles. The summed E-state index contributed by atoms with van der Waals surface area (Å²) in [4.78, 5) is 0.755. The summed E-state index contributed by atoms with van der Waals surface area (Å²) in [6.07, 6.45) is 0. The molecule has 0 unspecified atom stereocenters. The van der Waals surface area contributed by atoms with Crippen molar-refractivity contribution in [3.05, 3.63) is 52.0 Å². The van der Waals surface area contributed by atoms with E-state index in [2.05, 4.69) is 16.6 Å². The third-order valence-electron chi connectivity index (χ3n) is 2.55. The number of aliphatic hydroxyl groups is 1. The van der Waals surface area contributed by atoms with E-state index in [0.29, 0.717) is 0 Å². The molecule has 0 aliphatic heterocycles. The summed E-state index contributed by atoms with van der Waals surface area (Å²) < 4.78 is 40.2. The van der Waals surface area contributed by atoms with Crippen molar-refractivity contribution in [1.29, 1.82) is 0 Å². The molecule has 4 nitrogen and oxygen atoms in total. The zero-order valence-electron chi connectivity index (χ0n) is 10.8. The van der Waals surface area contributed by atoms with E-state index >= 15 is 0 Å². The summed E-state index contributed by atoms with van der Waals surface area (Å²) in [6, 6.07) is 6.88. The second-order valence-electron chi connectivity index (χ2n) is 4.00. The molecule has 0 saturated heterocycles. The van der Waals surface area contributed by atoms with Crippen LogP contribution in [0.5, 0.6) is 0 Å². The van der Waals surface area contributed by atoms with Gasteiger partial charge in [-0.3, -0.25) is 0 Å². The van der Waals surface area contributed by atoms with Crippen molar-refractivity contribution in [3.8, 4) is 11.8 Å². The second kappa shape index (κ2) is 6.83. The van der Waals surface area contributed by atoms with Gasteiger partial charge in [-0.1, -0.05) is 17.9 Å². The normalized spacial score (nSPS) is 11.0. The molecule has 0 bridgehead atoms. The van der Waals surface area contributed by atoms with Crippen molar-refractivity contribution in [3.63, 3.8) is 0 Å². The molecular formula is C14H12FNO3S2. The Morgan fingerprint density at radius 2 is 2.14 bits per heavy atom. The Kier molecular flexibility index (Phi) is 5.09. The van der Waals surface area contributed by atoms with Crippen LogP contribution >= 0.6 is 11.3 Å². The standard InChI is InChI=1S/C14H12FNO3S2/c15-12-5-6-14(11(9-12)3-1-7-17)21(18,19)16-10-13-4-2-8-20-13/h2,4-6,8-9,16-17H,7,10H2. The van der Waals surface area contributed by atoms with Crippen LogP contribution in [0.25, 0.3) is 0 Å². The third-order valence-corrected chi connectivity index (χ3v) is 4.89. The monoisotopic (exact) mass is 325 g/mol. The molecule has 0 fully saturated rings. The van der Waals surface area contributed by atoms with Crippen molar-refractivity contribution >= 4 is 21.4 Å². The maximum atomic E-state index is 13.2. The minimum atomic E-state index is -3.81. The Bertz CT molecular complexity index is 774. The summed E-state index contributed by atoms with van der Waals surface area (Å²) in [5.74, 6) is 4.18. The highest BCUT2D eigenvalue weighted by Gasteiger charge is 2.18. The lowest BCUT2D eigenvalue weighted by molar-refractivity contribution is 0.350. The first-order chi connectivity index (χ1) is 10.0. The number of rotatable bonds is 4. The van der Waals surface area contributed by atoms with E-state index in [1.807, 2.05) is 17.5 Å². The van der Waals surface area contributed by atoms with Crippen molar-refractivity contribution in [2.24, 2.45) is 0 Å². The highest BCUT2D eigenvalue weighted by molar-refractivity contribution is 7.89. The Morgan fingerprint density at radius 1 is 1.33 bits per heavy atom. The van der Waals surface area contributed by atoms with Gasteiger partial charge in [0.25, 0.3) is 0 Å². The summed E-state index contributed by atoms with van der Waals surface area (Å²) in [7, 11) is -3.81. The number of nitrogens with one attached hydrogen (secondary N) is 1. The highest BCUT2D eigenvalue weighted by Crippen LogP contribution is 2.17. The maximum Gasteiger partial charge on any atom is 0.242 e. The van der Waals surface area contributed by atoms with E-state index in [4.69, 9.17) is 5.11 Å². The van der Waals surface area contributed by atoms with E-state index in [0.717, 1.165) is 23.1 Å². The topological polar surface area (TPSA) is 66.4 Å². The fraction of sp³-hybridized carbons (Fsp3) is 0.143. The molecule has 0 atom stereocenters. The van der Waals surface area contributed by atoms with E-state index in [1.54, 1.807) is 0 Å². The van der Waals surface area contributed by atoms with Gasteiger partial charge in [0.2, 0.25) is 10.0 Å². The number of aliphatic hydroxyl groups excluding tert-OH is 1. The second-order valence-corrected chi connectivity index (χ2v) is 6.77. The number of hydrogen-bond donors (Lipinski definition) is 2. The molecule has 0 spiro atoms. The molecule has 1 heterocycles. The SMILES string of the molecule is O=S(=O)(NCc1cccs1)c1ccc(F)cc1C#CCO. The van der Waals surface area contributed by atoms with Gasteiger partial charge in [-0.25, -0.2) is 17.5 Å². The van der Waals surface area contributed by atoms with Crippen LogP contribution in [-0.4, -0.2) is 20.1 Å². The molecule has 0 aliphatic rings. The molecule has 0 amide bonds. The van der Waals surface area contributed by atoms with Crippen LogP contribution in [0.4, 0.5) is 4.39 Å². The lowest BCUT2D eigenvalue weighted by atomic mass is 10.2. The van der Waals surface area contributed by atoms with Gasteiger partial charge in [-0.2, -0.15) is 0 Å². The lowest BCUT2D eigenvalue weighted by Gasteiger charge is -2.08. The van der Waals surface area contributed by atoms with Gasteiger partial charge in [-0.15, -0.1) is 11.3 Å². The van der Waals surface area contributed by atoms with Crippen LogP contribution in [0.15, 0.2) is 40.6 Å². The van der Waals surface area contributed by atoms with Crippen molar-refractivity contribution < 1.29 is 17.9 Å². The minimum Gasteiger partial charge on any atom is -0.384 e. The summed E-state index contributed by atoms with van der Waals surface area (Å²) in [5, 5.41) is 10.5. The molecule has 1 aromatic carbocycles. The van der Waals surface area contributed by atoms with E-state index in [-0.39, 0.29) is 17.0 Å². The van der Waals surface area contributed by atoms with E-state index < -0.39 is 22.4 Å². The smallest absolute Gasteiger partial charge is 0.242 e. The van der Waals surface area contributed by atoms with Crippen molar-refractivity contribution in [1.82, 2.24) is 4.72 Å². The molecule has 2 N–H and O–H groups in total. The van der Waals surface area contributed by atoms with Crippen LogP contribution in [0.3, 0.4) is 0 Å². The maximum absolute atomic E-state index is 13.2. The molecule has 1 aromatic heterocycles. The number of hydrogen-bond acceptors (Lipinski definition) is 4. The molecule has 110 valence electrons. The molecule has 2 rings (SSSR count). The Morgan fingerprint density at radius 3 is 2.81 bits per heavy atom. The Hall–Kier alpha value is -1.72. The molecule has 7 heteroatoms. The zero-order chi connectivity index (χ0) is 15.3. The van der Waals surface area contributed by atoms with Gasteiger partial charge in [0, 0.05) is 17.0 Å². The summed E-state index contributed by atoms with van der Waals surface area (Å²) in [6.45, 7) is -0.275. The fourth-order valence-electron chi connectivity index (χ4n) is 1.63. The van der Waals surface area contributed by atoms with Crippen LogP contribution in [-0.2, 0) is 16.6 Å². The molecule has 0 radical (unpaired) electrons. The number of thiophene rings is 1. The Balaban J connectivity index is 2.30. The molecule has 21 heavy (non-hydrogen) atoms. The van der Waals surface area contributed by atoms with E-state index in [1.165, 1.54) is 11.3 Å². The Labute approximate surface area is 126 Å². The van der Waals surface area contributed by atoms with Crippen molar-refractivity contribution in [2.45, 2.75) is 11.4 Å². The van der Waals surface area contributed by atoms with Gasteiger partial charge in [-0.05, 0) is 29.6 Å². The van der Waals surface area contributed by atoms with E-state index in [9.17, 15) is 12.8 Å². The molecule has 0 saturated carbocycles. The van der Waals surface area contributed by atoms with Gasteiger partial charge in [0.15, 0.2) is 0 Å².